The van der Waals surface area contributed by atoms with Crippen LogP contribution in [0, 0.1) is 0 Å². The van der Waals surface area contributed by atoms with Gasteiger partial charge in [-0.05, 0) is 109 Å². The predicted octanol–water partition coefficient (Wildman–Crippen LogP) is 26.1. The molecule has 0 saturated heterocycles. The summed E-state index contributed by atoms with van der Waals surface area (Å²) in [6, 6.07) is 0. The van der Waals surface area contributed by atoms with E-state index in [0.717, 1.165) is 96.3 Å². The van der Waals surface area contributed by atoms with E-state index < -0.39 is 6.10 Å². The molecule has 86 heavy (non-hydrogen) atoms. The van der Waals surface area contributed by atoms with E-state index in [0.29, 0.717) is 12.8 Å². The van der Waals surface area contributed by atoms with Crippen LogP contribution >= 0.6 is 0 Å². The molecule has 0 aliphatic carbocycles. The van der Waals surface area contributed by atoms with Crippen LogP contribution in [0.25, 0.3) is 0 Å². The number of allylic oxidation sites excluding steroid dienone is 20. The largest absolute Gasteiger partial charge is 0.462 e. The molecule has 0 aromatic rings. The molecule has 0 radical (unpaired) electrons. The van der Waals surface area contributed by atoms with Crippen molar-refractivity contribution in [2.24, 2.45) is 0 Å². The maximum absolute atomic E-state index is 12.4. The molecule has 0 aliphatic rings. The molecule has 1 N–H and O–H groups in total. The molecule has 0 bridgehead atoms. The van der Waals surface area contributed by atoms with Crippen LogP contribution < -0.4 is 0 Å². The Kier molecular flexibility index (Phi) is 72.3. The molecule has 0 saturated carbocycles. The zero-order valence-electron chi connectivity index (χ0n) is 56.8. The van der Waals surface area contributed by atoms with Gasteiger partial charge in [-0.3, -0.25) is 9.59 Å². The van der Waals surface area contributed by atoms with Gasteiger partial charge in [-0.2, -0.15) is 0 Å². The number of carbonyl (C=O) groups is 2. The zero-order valence-corrected chi connectivity index (χ0v) is 56.8. The van der Waals surface area contributed by atoms with E-state index in [9.17, 15) is 14.7 Å². The quantitative estimate of drug-likeness (QED) is 0.0373. The van der Waals surface area contributed by atoms with Gasteiger partial charge < -0.3 is 14.6 Å². The van der Waals surface area contributed by atoms with Crippen molar-refractivity contribution in [3.63, 3.8) is 0 Å². The van der Waals surface area contributed by atoms with Crippen molar-refractivity contribution in [1.82, 2.24) is 0 Å². The van der Waals surface area contributed by atoms with Crippen molar-refractivity contribution in [3.05, 3.63) is 122 Å². The Morgan fingerprint density at radius 2 is 0.500 bits per heavy atom. The van der Waals surface area contributed by atoms with Crippen molar-refractivity contribution in [2.45, 2.75) is 367 Å². The third kappa shape index (κ3) is 72.8. The summed E-state index contributed by atoms with van der Waals surface area (Å²) in [5.74, 6) is -0.579. The topological polar surface area (TPSA) is 72.8 Å². The van der Waals surface area contributed by atoms with Crippen LogP contribution in [0.15, 0.2) is 122 Å². The lowest BCUT2D eigenvalue weighted by molar-refractivity contribution is -0.161. The molecular formula is C81H140O5. The second kappa shape index (κ2) is 75.5. The molecule has 0 amide bonds. The standard InChI is InChI=1S/C81H140O5/c1-3-5-7-9-11-13-15-17-19-21-23-25-27-29-31-33-35-37-38-39-40-41-42-44-46-48-50-52-54-56-58-60-62-64-66-68-70-72-74-76-81(84)86-79(77-82)78-85-80(83)75-73-71-69-67-65-63-61-59-57-55-53-51-49-47-45-43-36-34-32-30-28-26-24-22-20-18-16-14-12-10-8-6-4-2/h5,7,11,13,16-19,22-25,29,31,35,37,39-40,42,44,79,82H,3-4,6,8-10,12,14-15,20-21,26-28,30,32-34,36,38,41,43,45-78H2,1-2H3/b7-5-,13-11-,18-16-,19-17-,24-22-,25-23-,31-29-,37-35-,40-39-,44-42-. The number of rotatable bonds is 68. The normalized spacial score (nSPS) is 12.9. The fraction of sp³-hybridized carbons (Fsp3) is 0.728. The first-order valence-corrected chi connectivity index (χ1v) is 37.1. The number of ether oxygens (including phenoxy) is 2. The molecule has 0 aliphatic heterocycles. The minimum Gasteiger partial charge on any atom is -0.462 e. The maximum Gasteiger partial charge on any atom is 0.306 e. The summed E-state index contributed by atoms with van der Waals surface area (Å²) in [5, 5.41) is 9.72. The van der Waals surface area contributed by atoms with Crippen molar-refractivity contribution < 1.29 is 24.2 Å². The number of aliphatic hydroxyl groups excluding tert-OH is 1. The molecule has 1 atom stereocenters. The van der Waals surface area contributed by atoms with Gasteiger partial charge in [0, 0.05) is 12.8 Å². The van der Waals surface area contributed by atoms with Crippen molar-refractivity contribution in [2.75, 3.05) is 13.2 Å². The minimum absolute atomic E-state index is 0.0666. The lowest BCUT2D eigenvalue weighted by atomic mass is 10.0. The van der Waals surface area contributed by atoms with Gasteiger partial charge in [0.2, 0.25) is 0 Å². The van der Waals surface area contributed by atoms with Gasteiger partial charge in [0.15, 0.2) is 6.10 Å². The highest BCUT2D eigenvalue weighted by Crippen LogP contribution is 2.18. The van der Waals surface area contributed by atoms with Gasteiger partial charge in [0.05, 0.1) is 6.61 Å². The SMILES string of the molecule is CC/C=C\C/C=C\C/C=C\C/C=C\C/C=C\C/C=C\C/C=C\C/C=C\CCCCCCCCCCCCCCCCC(=O)OC(CO)COC(=O)CCCCCCCCCCCCCCCCCCCCCCC/C=C\C/C=C\CCCCCCC. The number of unbranched alkanes of at least 4 members (excludes halogenated alkanes) is 40. The first kappa shape index (κ1) is 82.3. The fourth-order valence-corrected chi connectivity index (χ4v) is 10.7. The first-order chi connectivity index (χ1) is 42.6. The summed E-state index contributed by atoms with van der Waals surface area (Å²) in [6.45, 7) is 4.05. The van der Waals surface area contributed by atoms with E-state index in [1.54, 1.807) is 0 Å². The Morgan fingerprint density at radius 3 is 0.756 bits per heavy atom. The Labute approximate surface area is 534 Å². The molecule has 0 spiro atoms. The molecular weight excluding hydrogens is 1050 g/mol. The molecule has 494 valence electrons. The third-order valence-corrected chi connectivity index (χ3v) is 16.2. The molecule has 1 unspecified atom stereocenters. The van der Waals surface area contributed by atoms with Gasteiger partial charge in [0.25, 0.3) is 0 Å². The minimum atomic E-state index is -0.778. The van der Waals surface area contributed by atoms with Crippen molar-refractivity contribution >= 4 is 11.9 Å². The van der Waals surface area contributed by atoms with Crippen LogP contribution in [0.5, 0.6) is 0 Å². The van der Waals surface area contributed by atoms with Crippen LogP contribution in [0.2, 0.25) is 0 Å². The zero-order chi connectivity index (χ0) is 61.9. The molecule has 0 aromatic carbocycles. The lowest BCUT2D eigenvalue weighted by Gasteiger charge is -2.15. The highest BCUT2D eigenvalue weighted by molar-refractivity contribution is 5.70. The lowest BCUT2D eigenvalue weighted by Crippen LogP contribution is -2.28. The highest BCUT2D eigenvalue weighted by Gasteiger charge is 2.16. The number of aliphatic hydroxyl groups is 1. The Morgan fingerprint density at radius 1 is 0.279 bits per heavy atom. The molecule has 0 rings (SSSR count). The van der Waals surface area contributed by atoms with E-state index in [2.05, 4.69) is 135 Å². The van der Waals surface area contributed by atoms with Crippen LogP contribution in [0.1, 0.15) is 361 Å². The number of hydrogen-bond donors (Lipinski definition) is 1. The van der Waals surface area contributed by atoms with Gasteiger partial charge in [-0.1, -0.05) is 360 Å². The van der Waals surface area contributed by atoms with E-state index >= 15 is 0 Å². The second-order valence-electron chi connectivity index (χ2n) is 24.6. The summed E-state index contributed by atoms with van der Waals surface area (Å²) in [4.78, 5) is 24.7. The monoisotopic (exact) mass is 1190 g/mol. The average Bonchev–Trinajstić information content (AvgIpc) is 3.55. The summed E-state index contributed by atoms with van der Waals surface area (Å²) < 4.78 is 10.8. The third-order valence-electron chi connectivity index (χ3n) is 16.2. The summed E-state index contributed by atoms with van der Waals surface area (Å²) >= 11 is 0. The van der Waals surface area contributed by atoms with E-state index in [-0.39, 0.29) is 25.2 Å². The maximum atomic E-state index is 12.4. The Balaban J connectivity index is 3.46. The summed E-state index contributed by atoms with van der Waals surface area (Å²) in [6.07, 6.45) is 111. The molecule has 0 fully saturated rings. The predicted molar refractivity (Wildman–Crippen MR) is 380 cm³/mol. The average molecular weight is 1190 g/mol. The number of esters is 2. The second-order valence-corrected chi connectivity index (χ2v) is 24.6. The number of carbonyl (C=O) groups excluding carboxylic acids is 2. The fourth-order valence-electron chi connectivity index (χ4n) is 10.7. The number of hydrogen-bond acceptors (Lipinski definition) is 5. The van der Waals surface area contributed by atoms with Crippen molar-refractivity contribution in [3.8, 4) is 0 Å². The summed E-state index contributed by atoms with van der Waals surface area (Å²) in [5.41, 5.74) is 0. The first-order valence-electron chi connectivity index (χ1n) is 37.1. The molecule has 0 heterocycles. The van der Waals surface area contributed by atoms with Crippen molar-refractivity contribution in [1.29, 1.82) is 0 Å². The molecule has 5 heteroatoms. The van der Waals surface area contributed by atoms with Crippen LogP contribution in [-0.4, -0.2) is 36.4 Å². The van der Waals surface area contributed by atoms with Crippen LogP contribution in [0.4, 0.5) is 0 Å². The van der Waals surface area contributed by atoms with E-state index in [4.69, 9.17) is 9.47 Å². The van der Waals surface area contributed by atoms with Crippen LogP contribution in [-0.2, 0) is 19.1 Å². The molecule has 0 aromatic heterocycles. The Hall–Kier alpha value is -3.70. The van der Waals surface area contributed by atoms with E-state index in [1.165, 1.54) is 238 Å². The highest BCUT2D eigenvalue weighted by atomic mass is 16.6. The molecule has 5 nitrogen and oxygen atoms in total. The van der Waals surface area contributed by atoms with Gasteiger partial charge in [-0.15, -0.1) is 0 Å². The Bertz CT molecular complexity index is 1690. The van der Waals surface area contributed by atoms with E-state index in [1.807, 2.05) is 0 Å². The van der Waals surface area contributed by atoms with Gasteiger partial charge in [-0.25, -0.2) is 0 Å². The smallest absolute Gasteiger partial charge is 0.306 e. The van der Waals surface area contributed by atoms with Gasteiger partial charge >= 0.3 is 11.9 Å². The van der Waals surface area contributed by atoms with Crippen LogP contribution in [0.3, 0.4) is 0 Å². The summed E-state index contributed by atoms with van der Waals surface area (Å²) in [7, 11) is 0. The van der Waals surface area contributed by atoms with Gasteiger partial charge in [0.1, 0.15) is 6.61 Å².